The van der Waals surface area contributed by atoms with Gasteiger partial charge in [-0.25, -0.2) is 4.63 Å². The molecule has 1 aliphatic carbocycles. The van der Waals surface area contributed by atoms with Gasteiger partial charge in [0.15, 0.2) is 0 Å². The summed E-state index contributed by atoms with van der Waals surface area (Å²) in [6.45, 7) is 6.41. The summed E-state index contributed by atoms with van der Waals surface area (Å²) in [4.78, 5) is 0. The lowest BCUT2D eigenvalue weighted by Gasteiger charge is -2.14. The fourth-order valence-electron chi connectivity index (χ4n) is 1.34. The molecule has 0 atom stereocenters. The van der Waals surface area contributed by atoms with Crippen LogP contribution in [0.4, 0.5) is 0 Å². The van der Waals surface area contributed by atoms with Crippen LogP contribution in [0.3, 0.4) is 0 Å². The Hall–Kier alpha value is -0.860. The van der Waals surface area contributed by atoms with Crippen molar-refractivity contribution in [2.45, 2.75) is 44.9 Å². The Morgan fingerprint density at radius 3 is 2.42 bits per heavy atom. The molecule has 1 aromatic rings. The lowest BCUT2D eigenvalue weighted by atomic mass is 9.90. The van der Waals surface area contributed by atoms with Crippen LogP contribution in [0.2, 0.25) is 0 Å². The molecule has 0 radical (unpaired) electrons. The molecule has 12 heavy (non-hydrogen) atoms. The van der Waals surface area contributed by atoms with E-state index in [1.165, 1.54) is 12.8 Å². The van der Waals surface area contributed by atoms with Crippen molar-refractivity contribution in [1.29, 1.82) is 0 Å². The molecular formula is C9H14N2O. The van der Waals surface area contributed by atoms with Gasteiger partial charge in [0.2, 0.25) is 0 Å². The Morgan fingerprint density at radius 1 is 1.25 bits per heavy atom. The highest BCUT2D eigenvalue weighted by molar-refractivity contribution is 5.23. The summed E-state index contributed by atoms with van der Waals surface area (Å²) in [6, 6.07) is 0. The third kappa shape index (κ3) is 1.24. The van der Waals surface area contributed by atoms with Gasteiger partial charge in [-0.15, -0.1) is 0 Å². The van der Waals surface area contributed by atoms with Gasteiger partial charge in [0.1, 0.15) is 11.4 Å². The fraction of sp³-hybridized carbons (Fsp3) is 0.778. The van der Waals surface area contributed by atoms with Gasteiger partial charge in [-0.1, -0.05) is 31.1 Å². The van der Waals surface area contributed by atoms with E-state index in [2.05, 4.69) is 31.1 Å². The molecule has 1 aliphatic rings. The zero-order valence-corrected chi connectivity index (χ0v) is 7.79. The van der Waals surface area contributed by atoms with Crippen molar-refractivity contribution in [1.82, 2.24) is 10.3 Å². The molecule has 1 heterocycles. The zero-order chi connectivity index (χ0) is 8.77. The first-order chi connectivity index (χ1) is 5.59. The first-order valence-corrected chi connectivity index (χ1v) is 4.42. The minimum Gasteiger partial charge on any atom is -0.244 e. The minimum absolute atomic E-state index is 0.0674. The quantitative estimate of drug-likeness (QED) is 0.642. The number of nitrogens with zero attached hydrogens (tertiary/aromatic N) is 2. The second-order valence-corrected chi connectivity index (χ2v) is 4.52. The molecule has 0 aromatic carbocycles. The molecule has 66 valence electrons. The third-order valence-corrected chi connectivity index (χ3v) is 2.19. The summed E-state index contributed by atoms with van der Waals surface area (Å²) in [5, 5.41) is 7.92. The van der Waals surface area contributed by atoms with Gasteiger partial charge in [-0.2, -0.15) is 0 Å². The van der Waals surface area contributed by atoms with E-state index >= 15 is 0 Å². The minimum atomic E-state index is 0.0674. The van der Waals surface area contributed by atoms with E-state index in [0.29, 0.717) is 5.92 Å². The molecule has 3 nitrogen and oxygen atoms in total. The van der Waals surface area contributed by atoms with Gasteiger partial charge < -0.3 is 0 Å². The van der Waals surface area contributed by atoms with E-state index < -0.39 is 0 Å². The van der Waals surface area contributed by atoms with Gasteiger partial charge in [-0.3, -0.25) is 0 Å². The van der Waals surface area contributed by atoms with Gasteiger partial charge >= 0.3 is 0 Å². The largest absolute Gasteiger partial charge is 0.244 e. The molecule has 1 fully saturated rings. The van der Waals surface area contributed by atoms with Crippen LogP contribution in [0.1, 0.15) is 50.9 Å². The smallest absolute Gasteiger partial charge is 0.113 e. The SMILES string of the molecule is CC(C)(C)c1nonc1C1CC1. The average molecular weight is 166 g/mol. The number of aromatic nitrogens is 2. The Balaban J connectivity index is 2.36. The second kappa shape index (κ2) is 2.31. The van der Waals surface area contributed by atoms with Crippen LogP contribution in [0.5, 0.6) is 0 Å². The van der Waals surface area contributed by atoms with Crippen LogP contribution in [0.15, 0.2) is 4.63 Å². The van der Waals surface area contributed by atoms with E-state index in [4.69, 9.17) is 4.63 Å². The molecule has 0 N–H and O–H groups in total. The van der Waals surface area contributed by atoms with Gasteiger partial charge in [-0.05, 0) is 12.8 Å². The van der Waals surface area contributed by atoms with Crippen molar-refractivity contribution >= 4 is 0 Å². The molecule has 2 rings (SSSR count). The lowest BCUT2D eigenvalue weighted by molar-refractivity contribution is 0.294. The monoisotopic (exact) mass is 166 g/mol. The average Bonchev–Trinajstić information content (AvgIpc) is 2.65. The van der Waals surface area contributed by atoms with Crippen molar-refractivity contribution in [3.05, 3.63) is 11.4 Å². The Morgan fingerprint density at radius 2 is 1.92 bits per heavy atom. The third-order valence-electron chi connectivity index (χ3n) is 2.19. The first-order valence-electron chi connectivity index (χ1n) is 4.42. The van der Waals surface area contributed by atoms with Crippen LogP contribution >= 0.6 is 0 Å². The van der Waals surface area contributed by atoms with Crippen molar-refractivity contribution in [3.63, 3.8) is 0 Å². The first kappa shape index (κ1) is 7.77. The molecule has 1 saturated carbocycles. The summed E-state index contributed by atoms with van der Waals surface area (Å²) < 4.78 is 4.77. The highest BCUT2D eigenvalue weighted by Crippen LogP contribution is 2.42. The predicted molar refractivity (Wildman–Crippen MR) is 45.0 cm³/mol. The van der Waals surface area contributed by atoms with E-state index in [1.807, 2.05) is 0 Å². The van der Waals surface area contributed by atoms with Crippen LogP contribution < -0.4 is 0 Å². The molecule has 0 amide bonds. The maximum atomic E-state index is 4.77. The van der Waals surface area contributed by atoms with Crippen LogP contribution in [-0.4, -0.2) is 10.3 Å². The molecule has 0 bridgehead atoms. The van der Waals surface area contributed by atoms with Gasteiger partial charge in [0.05, 0.1) is 0 Å². The predicted octanol–water partition coefficient (Wildman–Crippen LogP) is 2.24. The number of hydrogen-bond acceptors (Lipinski definition) is 3. The molecule has 0 spiro atoms. The highest BCUT2D eigenvalue weighted by Gasteiger charge is 2.34. The van der Waals surface area contributed by atoms with Crippen molar-refractivity contribution in [2.24, 2.45) is 0 Å². The number of hydrogen-bond donors (Lipinski definition) is 0. The molecule has 0 unspecified atom stereocenters. The highest BCUT2D eigenvalue weighted by atomic mass is 16.6. The Labute approximate surface area is 72.1 Å². The van der Waals surface area contributed by atoms with E-state index in [0.717, 1.165) is 11.4 Å². The molecule has 1 aromatic heterocycles. The Kier molecular flexibility index (Phi) is 1.50. The van der Waals surface area contributed by atoms with E-state index in [9.17, 15) is 0 Å². The topological polar surface area (TPSA) is 38.9 Å². The van der Waals surface area contributed by atoms with Crippen molar-refractivity contribution in [3.8, 4) is 0 Å². The molecule has 3 heteroatoms. The van der Waals surface area contributed by atoms with E-state index in [-0.39, 0.29) is 5.41 Å². The standard InChI is InChI=1S/C9H14N2O/c1-9(2,3)8-7(6-4-5-6)10-12-11-8/h6H,4-5H2,1-3H3. The Bertz CT molecular complexity index is 281. The zero-order valence-electron chi connectivity index (χ0n) is 7.79. The molecule has 0 saturated heterocycles. The lowest BCUT2D eigenvalue weighted by Crippen LogP contribution is -2.14. The summed E-state index contributed by atoms with van der Waals surface area (Å²) in [6.07, 6.45) is 2.49. The number of rotatable bonds is 1. The van der Waals surface area contributed by atoms with Crippen molar-refractivity contribution in [2.75, 3.05) is 0 Å². The van der Waals surface area contributed by atoms with Crippen molar-refractivity contribution < 1.29 is 4.63 Å². The molecule has 0 aliphatic heterocycles. The normalized spacial score (nSPS) is 18.2. The molecular weight excluding hydrogens is 152 g/mol. The fourth-order valence-corrected chi connectivity index (χ4v) is 1.34. The maximum Gasteiger partial charge on any atom is 0.113 e. The summed E-state index contributed by atoms with van der Waals surface area (Å²) >= 11 is 0. The van der Waals surface area contributed by atoms with Crippen LogP contribution in [0.25, 0.3) is 0 Å². The van der Waals surface area contributed by atoms with Crippen LogP contribution in [-0.2, 0) is 5.41 Å². The van der Waals surface area contributed by atoms with Gasteiger partial charge in [0.25, 0.3) is 0 Å². The summed E-state index contributed by atoms with van der Waals surface area (Å²) in [5.74, 6) is 0.630. The van der Waals surface area contributed by atoms with Gasteiger partial charge in [0, 0.05) is 11.3 Å². The van der Waals surface area contributed by atoms with Crippen LogP contribution in [0, 0.1) is 0 Å². The summed E-state index contributed by atoms with van der Waals surface area (Å²) in [7, 11) is 0. The van der Waals surface area contributed by atoms with E-state index in [1.54, 1.807) is 0 Å². The summed E-state index contributed by atoms with van der Waals surface area (Å²) in [5.41, 5.74) is 2.19. The maximum absolute atomic E-state index is 4.77. The second-order valence-electron chi connectivity index (χ2n) is 4.52.